The lowest BCUT2D eigenvalue weighted by Crippen LogP contribution is -2.46. The highest BCUT2D eigenvalue weighted by Crippen LogP contribution is 2.36. The van der Waals surface area contributed by atoms with Gasteiger partial charge in [-0.1, -0.05) is 69.3 Å². The van der Waals surface area contributed by atoms with Gasteiger partial charge in [-0.3, -0.25) is 14.6 Å². The van der Waals surface area contributed by atoms with Crippen molar-refractivity contribution >= 4 is 42.7 Å². The van der Waals surface area contributed by atoms with Crippen molar-refractivity contribution in [1.82, 2.24) is 10.5 Å². The van der Waals surface area contributed by atoms with Gasteiger partial charge in [0.25, 0.3) is 11.8 Å². The number of hydroxylamine groups is 1. The zero-order valence-electron chi connectivity index (χ0n) is 23.5. The van der Waals surface area contributed by atoms with Crippen molar-refractivity contribution in [1.29, 1.82) is 0 Å². The van der Waals surface area contributed by atoms with Crippen LogP contribution in [0.2, 0.25) is 18.1 Å². The topological polar surface area (TPSA) is 89.5 Å². The van der Waals surface area contributed by atoms with Crippen LogP contribution < -0.4 is 15.5 Å². The Morgan fingerprint density at radius 3 is 2.35 bits per heavy atom. The first-order chi connectivity index (χ1) is 19.0. The average molecular weight is 554 g/mol. The Bertz CT molecular complexity index is 1510. The summed E-state index contributed by atoms with van der Waals surface area (Å²) in [5.74, 6) is 0.0685. The summed E-state index contributed by atoms with van der Waals surface area (Å²) in [6.07, 6.45) is 4.98. The number of nitrogens with one attached hydrogen (secondary N) is 2. The van der Waals surface area contributed by atoms with Gasteiger partial charge in [0.2, 0.25) is 8.32 Å². The molecule has 0 atom stereocenters. The molecule has 0 unspecified atom stereocenters. The number of carbonyl (C=O) groups is 2. The number of rotatable bonds is 9. The van der Waals surface area contributed by atoms with Gasteiger partial charge in [0.15, 0.2) is 0 Å². The zero-order chi connectivity index (χ0) is 28.8. The Morgan fingerprint density at radius 2 is 1.65 bits per heavy atom. The molecule has 4 aromatic rings. The highest BCUT2D eigenvalue weighted by atomic mass is 28.4. The number of anilines is 1. The molecule has 0 spiro atoms. The van der Waals surface area contributed by atoms with Crippen molar-refractivity contribution in [2.24, 2.45) is 0 Å². The van der Waals surface area contributed by atoms with E-state index >= 15 is 0 Å². The van der Waals surface area contributed by atoms with E-state index in [-0.39, 0.29) is 23.5 Å². The lowest BCUT2D eigenvalue weighted by Gasteiger charge is -2.35. The number of amides is 2. The summed E-state index contributed by atoms with van der Waals surface area (Å²) in [6.45, 7) is 10.5. The maximum atomic E-state index is 13.3. The summed E-state index contributed by atoms with van der Waals surface area (Å²) in [5, 5.41) is 4.87. The van der Waals surface area contributed by atoms with E-state index in [1.807, 2.05) is 42.5 Å². The highest BCUT2D eigenvalue weighted by molar-refractivity contribution is 6.74. The summed E-state index contributed by atoms with van der Waals surface area (Å²) < 4.78 is 12.0. The molecule has 2 N–H and O–H groups in total. The first-order valence-corrected chi connectivity index (χ1v) is 16.1. The van der Waals surface area contributed by atoms with Gasteiger partial charge in [-0.15, -0.1) is 0 Å². The van der Waals surface area contributed by atoms with Crippen LogP contribution in [0.3, 0.4) is 0 Å². The molecule has 1 aromatic heterocycles. The third-order valence-corrected chi connectivity index (χ3v) is 11.3. The predicted octanol–water partition coefficient (Wildman–Crippen LogP) is 7.00. The summed E-state index contributed by atoms with van der Waals surface area (Å²) in [7, 11) is -2.14. The van der Waals surface area contributed by atoms with Gasteiger partial charge >= 0.3 is 0 Å². The number of fused-ring (bicyclic) bond motifs is 1. The van der Waals surface area contributed by atoms with Gasteiger partial charge in [0.05, 0.1) is 17.5 Å². The van der Waals surface area contributed by atoms with Crippen LogP contribution in [0.15, 0.2) is 96.8 Å². The Hall–Kier alpha value is -4.27. The summed E-state index contributed by atoms with van der Waals surface area (Å²) >= 11 is 0. The number of benzene rings is 3. The second kappa shape index (κ2) is 12.3. The maximum absolute atomic E-state index is 13.3. The van der Waals surface area contributed by atoms with Crippen molar-refractivity contribution in [2.75, 3.05) is 11.9 Å². The maximum Gasteiger partial charge on any atom is 0.273 e. The molecule has 0 radical (unpaired) electrons. The van der Waals surface area contributed by atoms with E-state index in [1.165, 1.54) is 0 Å². The van der Waals surface area contributed by atoms with Crippen LogP contribution in [-0.2, 0) is 9.32 Å². The summed E-state index contributed by atoms with van der Waals surface area (Å²) in [6, 6.07) is 24.3. The Balaban J connectivity index is 1.53. The molecule has 0 saturated heterocycles. The standard InChI is InChI=1S/C32H35N3O4Si/c1-32(2,3)40(4,5)39-35-31(37)25-17-15-23(16-18-25)20-26(30(36)34-27-12-9-19-33-21-27)22-38-29-14-8-11-24-10-6-7-13-28(24)29/h6-21H,22H2,1-5H3,(H,34,36)(H,35,37). The molecule has 1 heterocycles. The molecule has 0 bridgehead atoms. The molecular formula is C32H35N3O4Si. The van der Waals surface area contributed by atoms with Crippen molar-refractivity contribution in [3.63, 3.8) is 0 Å². The van der Waals surface area contributed by atoms with E-state index in [0.717, 1.165) is 16.3 Å². The molecule has 4 rings (SSSR count). The van der Waals surface area contributed by atoms with Crippen LogP contribution >= 0.6 is 0 Å². The molecule has 40 heavy (non-hydrogen) atoms. The molecule has 0 aliphatic heterocycles. The zero-order valence-corrected chi connectivity index (χ0v) is 24.5. The molecule has 8 heteroatoms. The fourth-order valence-electron chi connectivity index (χ4n) is 3.62. The lowest BCUT2D eigenvalue weighted by molar-refractivity contribution is -0.113. The fraction of sp³-hybridized carbons (Fsp3) is 0.219. The molecular weight excluding hydrogens is 518 g/mol. The Labute approximate surface area is 236 Å². The number of hydrogen-bond acceptors (Lipinski definition) is 5. The number of carbonyl (C=O) groups excluding carboxylic acids is 2. The second-order valence-electron chi connectivity index (χ2n) is 11.0. The molecule has 0 fully saturated rings. The molecule has 0 saturated carbocycles. The minimum Gasteiger partial charge on any atom is -0.488 e. The van der Waals surface area contributed by atoms with Crippen molar-refractivity contribution in [3.8, 4) is 5.75 Å². The summed E-state index contributed by atoms with van der Waals surface area (Å²) in [5.41, 5.74) is 4.83. The third kappa shape index (κ3) is 7.22. The van der Waals surface area contributed by atoms with Crippen molar-refractivity contribution < 1.29 is 18.9 Å². The molecule has 3 aromatic carbocycles. The van der Waals surface area contributed by atoms with E-state index in [0.29, 0.717) is 22.6 Å². The quantitative estimate of drug-likeness (QED) is 0.132. The van der Waals surface area contributed by atoms with Crippen LogP contribution in [-0.4, -0.2) is 31.7 Å². The van der Waals surface area contributed by atoms with Gasteiger partial charge in [-0.25, -0.2) is 5.48 Å². The second-order valence-corrected chi connectivity index (χ2v) is 15.8. The number of ether oxygens (including phenoxy) is 1. The average Bonchev–Trinajstić information content (AvgIpc) is 2.94. The smallest absolute Gasteiger partial charge is 0.273 e. The largest absolute Gasteiger partial charge is 0.488 e. The van der Waals surface area contributed by atoms with E-state index in [1.54, 1.807) is 54.9 Å². The van der Waals surface area contributed by atoms with Crippen molar-refractivity contribution in [2.45, 2.75) is 38.9 Å². The van der Waals surface area contributed by atoms with Crippen LogP contribution in [0, 0.1) is 0 Å². The first kappa shape index (κ1) is 28.7. The fourth-order valence-corrected chi connectivity index (χ4v) is 4.27. The number of hydrogen-bond donors (Lipinski definition) is 2. The highest BCUT2D eigenvalue weighted by Gasteiger charge is 2.38. The predicted molar refractivity (Wildman–Crippen MR) is 162 cm³/mol. The summed E-state index contributed by atoms with van der Waals surface area (Å²) in [4.78, 5) is 30.1. The molecule has 7 nitrogen and oxygen atoms in total. The van der Waals surface area contributed by atoms with Gasteiger partial charge < -0.3 is 14.6 Å². The molecule has 0 aliphatic rings. The number of nitrogens with zero attached hydrogens (tertiary/aromatic N) is 1. The number of pyridine rings is 1. The van der Waals surface area contributed by atoms with Crippen LogP contribution in [0.4, 0.5) is 5.69 Å². The number of aromatic nitrogens is 1. The van der Waals surface area contributed by atoms with Gasteiger partial charge in [0.1, 0.15) is 12.4 Å². The van der Waals surface area contributed by atoms with Crippen molar-refractivity contribution in [3.05, 3.63) is 108 Å². The minimum atomic E-state index is -2.14. The van der Waals surface area contributed by atoms with E-state index < -0.39 is 8.32 Å². The van der Waals surface area contributed by atoms with Gasteiger partial charge in [0, 0.05) is 17.1 Å². The monoisotopic (exact) mass is 553 g/mol. The van der Waals surface area contributed by atoms with Crippen LogP contribution in [0.25, 0.3) is 16.8 Å². The van der Waals surface area contributed by atoms with Gasteiger partial charge in [-0.2, -0.15) is 0 Å². The van der Waals surface area contributed by atoms with E-state index in [2.05, 4.69) is 49.6 Å². The Morgan fingerprint density at radius 1 is 0.925 bits per heavy atom. The van der Waals surface area contributed by atoms with Crippen LogP contribution in [0.1, 0.15) is 36.7 Å². The molecule has 206 valence electrons. The minimum absolute atomic E-state index is 0.0319. The first-order valence-electron chi connectivity index (χ1n) is 13.1. The van der Waals surface area contributed by atoms with E-state index in [4.69, 9.17) is 9.26 Å². The van der Waals surface area contributed by atoms with Crippen LogP contribution in [0.5, 0.6) is 5.75 Å². The molecule has 0 aliphatic carbocycles. The van der Waals surface area contributed by atoms with Gasteiger partial charge in [-0.05, 0) is 65.5 Å². The SMILES string of the molecule is CC(C)(C)[Si](C)(C)ONC(=O)c1ccc(C=C(COc2cccc3ccccc23)C(=O)Nc2cccnc2)cc1. The normalized spacial score (nSPS) is 12.2. The molecule has 2 amide bonds. The van der Waals surface area contributed by atoms with E-state index in [9.17, 15) is 9.59 Å². The Kier molecular flexibility index (Phi) is 8.82. The third-order valence-electron chi connectivity index (χ3n) is 7.06. The lowest BCUT2D eigenvalue weighted by atomic mass is 10.1.